The number of aromatic hydroxyl groups is 1. The van der Waals surface area contributed by atoms with Gasteiger partial charge in [0.1, 0.15) is 11.6 Å². The molecule has 0 saturated carbocycles. The highest BCUT2D eigenvalue weighted by molar-refractivity contribution is 7.92. The number of phenolic OH excluding ortho intramolecular Hbond substituents is 1. The molecule has 3 aromatic rings. The number of sulfonamides is 1. The molecule has 0 aliphatic carbocycles. The van der Waals surface area contributed by atoms with Crippen LogP contribution in [0.3, 0.4) is 0 Å². The first kappa shape index (κ1) is 23.7. The third-order valence-electron chi connectivity index (χ3n) is 4.57. The van der Waals surface area contributed by atoms with Crippen molar-refractivity contribution in [3.63, 3.8) is 0 Å². The van der Waals surface area contributed by atoms with Crippen LogP contribution in [0.4, 0.5) is 10.1 Å². The molecule has 172 valence electrons. The standard InChI is InChI=1S/C23H22FN3O5S/c24-17-9-11-19(12-10-17)33(31,32)27-21-8-2-1-7-20(21)23(30)26-14-4-13-25-22(29)16-5-3-6-18(28)15-16/h1-3,5-12,15,27-28H,4,13-14H2,(H,25,29)(H,26,30). The summed E-state index contributed by atoms with van der Waals surface area (Å²) < 4.78 is 40.6. The number of benzene rings is 3. The molecule has 10 heteroatoms. The first-order chi connectivity index (χ1) is 15.8. The Hall–Kier alpha value is -3.92. The van der Waals surface area contributed by atoms with Gasteiger partial charge in [0, 0.05) is 18.7 Å². The summed E-state index contributed by atoms with van der Waals surface area (Å²) in [4.78, 5) is 24.5. The average Bonchev–Trinajstić information content (AvgIpc) is 2.79. The molecule has 0 fully saturated rings. The van der Waals surface area contributed by atoms with Crippen LogP contribution in [0.15, 0.2) is 77.7 Å². The van der Waals surface area contributed by atoms with E-state index in [2.05, 4.69) is 15.4 Å². The Balaban J connectivity index is 1.54. The molecule has 0 aliphatic rings. The van der Waals surface area contributed by atoms with Crippen molar-refractivity contribution in [1.29, 1.82) is 0 Å². The molecule has 2 amide bonds. The maximum Gasteiger partial charge on any atom is 0.261 e. The SMILES string of the molecule is O=C(NCCCNC(=O)c1ccccc1NS(=O)(=O)c1ccc(F)cc1)c1cccc(O)c1. The van der Waals surface area contributed by atoms with E-state index in [0.717, 1.165) is 24.3 Å². The molecule has 0 radical (unpaired) electrons. The molecular weight excluding hydrogens is 449 g/mol. The fourth-order valence-electron chi connectivity index (χ4n) is 2.92. The monoisotopic (exact) mass is 471 g/mol. The van der Waals surface area contributed by atoms with E-state index in [4.69, 9.17) is 0 Å². The van der Waals surface area contributed by atoms with Gasteiger partial charge in [-0.3, -0.25) is 14.3 Å². The van der Waals surface area contributed by atoms with Crippen molar-refractivity contribution in [2.24, 2.45) is 0 Å². The number of carbonyl (C=O) groups excluding carboxylic acids is 2. The Labute approximate surface area is 190 Å². The predicted molar refractivity (Wildman–Crippen MR) is 121 cm³/mol. The minimum absolute atomic E-state index is 0.0105. The van der Waals surface area contributed by atoms with Crippen molar-refractivity contribution in [3.05, 3.63) is 89.7 Å². The summed E-state index contributed by atoms with van der Waals surface area (Å²) in [5.41, 5.74) is 0.518. The lowest BCUT2D eigenvalue weighted by Gasteiger charge is -2.13. The van der Waals surface area contributed by atoms with Gasteiger partial charge in [-0.1, -0.05) is 18.2 Å². The number of hydrogen-bond acceptors (Lipinski definition) is 5. The van der Waals surface area contributed by atoms with Gasteiger partial charge in [-0.05, 0) is 61.0 Å². The van der Waals surface area contributed by atoms with Gasteiger partial charge in [0.15, 0.2) is 0 Å². The van der Waals surface area contributed by atoms with Crippen molar-refractivity contribution < 1.29 is 27.5 Å². The lowest BCUT2D eigenvalue weighted by Crippen LogP contribution is -2.30. The van der Waals surface area contributed by atoms with Gasteiger partial charge in [-0.2, -0.15) is 0 Å². The molecule has 0 aromatic heterocycles. The van der Waals surface area contributed by atoms with Crippen LogP contribution in [0.2, 0.25) is 0 Å². The van der Waals surface area contributed by atoms with Crippen LogP contribution in [-0.4, -0.2) is 38.4 Å². The van der Waals surface area contributed by atoms with E-state index in [9.17, 15) is 27.5 Å². The molecule has 33 heavy (non-hydrogen) atoms. The minimum atomic E-state index is -4.02. The summed E-state index contributed by atoms with van der Waals surface area (Å²) in [7, 11) is -4.02. The number of carbonyl (C=O) groups is 2. The van der Waals surface area contributed by atoms with Gasteiger partial charge >= 0.3 is 0 Å². The van der Waals surface area contributed by atoms with Crippen molar-refractivity contribution in [2.45, 2.75) is 11.3 Å². The number of para-hydroxylation sites is 1. The Morgan fingerprint density at radius 2 is 1.52 bits per heavy atom. The highest BCUT2D eigenvalue weighted by atomic mass is 32.2. The van der Waals surface area contributed by atoms with Crippen molar-refractivity contribution in [1.82, 2.24) is 10.6 Å². The van der Waals surface area contributed by atoms with E-state index in [1.807, 2.05) is 0 Å². The van der Waals surface area contributed by atoms with Crippen LogP contribution in [0.25, 0.3) is 0 Å². The second-order valence-corrected chi connectivity index (χ2v) is 8.70. The molecular formula is C23H22FN3O5S. The fourth-order valence-corrected chi connectivity index (χ4v) is 4.00. The van der Waals surface area contributed by atoms with E-state index in [1.54, 1.807) is 24.3 Å². The number of rotatable bonds is 9. The molecule has 0 bridgehead atoms. The summed E-state index contributed by atoms with van der Waals surface area (Å²) in [5.74, 6) is -1.42. The largest absolute Gasteiger partial charge is 0.508 e. The third kappa shape index (κ3) is 6.53. The Kier molecular flexibility index (Phi) is 7.62. The second-order valence-electron chi connectivity index (χ2n) is 7.02. The smallest absolute Gasteiger partial charge is 0.261 e. The quantitative estimate of drug-likeness (QED) is 0.357. The molecule has 3 aromatic carbocycles. The zero-order valence-electron chi connectivity index (χ0n) is 17.4. The summed E-state index contributed by atoms with van der Waals surface area (Å²) >= 11 is 0. The number of nitrogens with one attached hydrogen (secondary N) is 3. The molecule has 0 saturated heterocycles. The molecule has 4 N–H and O–H groups in total. The van der Waals surface area contributed by atoms with E-state index < -0.39 is 21.7 Å². The number of hydrogen-bond donors (Lipinski definition) is 4. The molecule has 0 spiro atoms. The summed E-state index contributed by atoms with van der Waals surface area (Å²) in [5, 5.41) is 14.8. The van der Waals surface area contributed by atoms with Crippen LogP contribution in [0.1, 0.15) is 27.1 Å². The highest BCUT2D eigenvalue weighted by Gasteiger charge is 2.18. The summed E-state index contributed by atoms with van der Waals surface area (Å²) in [6.07, 6.45) is 0.430. The second kappa shape index (κ2) is 10.6. The van der Waals surface area contributed by atoms with Crippen molar-refractivity contribution in [2.75, 3.05) is 17.8 Å². The highest BCUT2D eigenvalue weighted by Crippen LogP contribution is 2.20. The number of amides is 2. The van der Waals surface area contributed by atoms with Crippen LogP contribution < -0.4 is 15.4 Å². The van der Waals surface area contributed by atoms with Gasteiger partial charge < -0.3 is 15.7 Å². The van der Waals surface area contributed by atoms with Gasteiger partial charge in [-0.25, -0.2) is 12.8 Å². The molecule has 0 atom stereocenters. The van der Waals surface area contributed by atoms with Crippen molar-refractivity contribution >= 4 is 27.5 Å². The average molecular weight is 472 g/mol. The predicted octanol–water partition coefficient (Wildman–Crippen LogP) is 2.88. The van der Waals surface area contributed by atoms with Gasteiger partial charge in [0.25, 0.3) is 21.8 Å². The Bertz CT molecular complexity index is 1250. The van der Waals surface area contributed by atoms with Crippen molar-refractivity contribution in [3.8, 4) is 5.75 Å². The first-order valence-electron chi connectivity index (χ1n) is 9.99. The number of phenols is 1. The van der Waals surface area contributed by atoms with Crippen LogP contribution in [0.5, 0.6) is 5.75 Å². The summed E-state index contributed by atoms with van der Waals surface area (Å²) in [6.45, 7) is 0.520. The van der Waals surface area contributed by atoms with Crippen LogP contribution >= 0.6 is 0 Å². The summed E-state index contributed by atoms with van der Waals surface area (Å²) in [6, 6.07) is 16.4. The van der Waals surface area contributed by atoms with Gasteiger partial charge in [0.05, 0.1) is 16.1 Å². The fraction of sp³-hybridized carbons (Fsp3) is 0.130. The Morgan fingerprint density at radius 1 is 0.848 bits per heavy atom. The zero-order chi connectivity index (χ0) is 23.8. The van der Waals surface area contributed by atoms with E-state index in [0.29, 0.717) is 12.0 Å². The third-order valence-corrected chi connectivity index (χ3v) is 5.95. The van der Waals surface area contributed by atoms with Gasteiger partial charge in [-0.15, -0.1) is 0 Å². The van der Waals surface area contributed by atoms with Crippen LogP contribution in [0, 0.1) is 5.82 Å². The van der Waals surface area contributed by atoms with Crippen LogP contribution in [-0.2, 0) is 10.0 Å². The topological polar surface area (TPSA) is 125 Å². The van der Waals surface area contributed by atoms with E-state index in [1.165, 1.54) is 24.3 Å². The van der Waals surface area contributed by atoms with E-state index in [-0.39, 0.29) is 40.9 Å². The first-order valence-corrected chi connectivity index (χ1v) is 11.5. The lowest BCUT2D eigenvalue weighted by molar-refractivity contribution is 0.0952. The number of anilines is 1. The zero-order valence-corrected chi connectivity index (χ0v) is 18.2. The minimum Gasteiger partial charge on any atom is -0.508 e. The molecule has 0 unspecified atom stereocenters. The van der Waals surface area contributed by atoms with E-state index >= 15 is 0 Å². The molecule has 3 rings (SSSR count). The normalized spacial score (nSPS) is 10.9. The maximum absolute atomic E-state index is 13.1. The van der Waals surface area contributed by atoms with Gasteiger partial charge in [0.2, 0.25) is 0 Å². The lowest BCUT2D eigenvalue weighted by atomic mass is 10.1. The maximum atomic E-state index is 13.1. The number of halogens is 1. The Morgan fingerprint density at radius 3 is 2.21 bits per heavy atom. The molecule has 0 heterocycles. The molecule has 8 nitrogen and oxygen atoms in total. The molecule has 0 aliphatic heterocycles.